The van der Waals surface area contributed by atoms with Gasteiger partial charge in [0.05, 0.1) is 16.7 Å². The minimum atomic E-state index is -3.22. The predicted octanol–water partition coefficient (Wildman–Crippen LogP) is 2.47. The van der Waals surface area contributed by atoms with E-state index in [-0.39, 0.29) is 17.6 Å². The lowest BCUT2D eigenvalue weighted by Crippen LogP contribution is -2.47. The van der Waals surface area contributed by atoms with Crippen molar-refractivity contribution in [2.75, 3.05) is 6.26 Å². The first-order chi connectivity index (χ1) is 10.8. The smallest absolute Gasteiger partial charge is 0.260 e. The Morgan fingerprint density at radius 3 is 2.65 bits per heavy atom. The van der Waals surface area contributed by atoms with E-state index >= 15 is 0 Å². The number of fused-ring (bicyclic) bond motifs is 1. The van der Waals surface area contributed by atoms with E-state index in [9.17, 15) is 13.2 Å². The number of aromatic nitrogens is 1. The van der Waals surface area contributed by atoms with Gasteiger partial charge >= 0.3 is 0 Å². The Morgan fingerprint density at radius 1 is 1.35 bits per heavy atom. The van der Waals surface area contributed by atoms with Gasteiger partial charge in [-0.3, -0.25) is 4.79 Å². The van der Waals surface area contributed by atoms with Gasteiger partial charge in [0.2, 0.25) is 10.0 Å². The van der Waals surface area contributed by atoms with Gasteiger partial charge in [0.25, 0.3) is 5.56 Å². The maximum Gasteiger partial charge on any atom is 0.260 e. The molecule has 1 aromatic heterocycles. The molecule has 1 saturated carbocycles. The number of halogens is 1. The standard InChI is InChI=1S/C16H19ClN2O3S/c1-3-12-7-10-5-4-6-14(17)15(10)16(20)19(12)13-8-11(9-13)18-23(2,21)22/h4-7,11,13,18H,3,8-9H2,1-2H3. The van der Waals surface area contributed by atoms with Crippen molar-refractivity contribution in [2.24, 2.45) is 0 Å². The predicted molar refractivity (Wildman–Crippen MR) is 92.6 cm³/mol. The van der Waals surface area contributed by atoms with Crippen LogP contribution in [0.3, 0.4) is 0 Å². The summed E-state index contributed by atoms with van der Waals surface area (Å²) in [4.78, 5) is 12.9. The lowest BCUT2D eigenvalue weighted by molar-refractivity contribution is 0.241. The van der Waals surface area contributed by atoms with Crippen molar-refractivity contribution in [1.82, 2.24) is 9.29 Å². The summed E-state index contributed by atoms with van der Waals surface area (Å²) >= 11 is 6.21. The molecule has 23 heavy (non-hydrogen) atoms. The van der Waals surface area contributed by atoms with Gasteiger partial charge in [0.15, 0.2) is 0 Å². The zero-order chi connectivity index (χ0) is 16.8. The molecule has 1 aromatic carbocycles. The highest BCUT2D eigenvalue weighted by molar-refractivity contribution is 7.88. The summed E-state index contributed by atoms with van der Waals surface area (Å²) in [7, 11) is -3.22. The van der Waals surface area contributed by atoms with E-state index in [1.165, 1.54) is 0 Å². The van der Waals surface area contributed by atoms with Gasteiger partial charge in [0, 0.05) is 17.8 Å². The summed E-state index contributed by atoms with van der Waals surface area (Å²) in [5.41, 5.74) is 0.861. The van der Waals surface area contributed by atoms with Crippen molar-refractivity contribution in [3.63, 3.8) is 0 Å². The molecule has 7 heteroatoms. The summed E-state index contributed by atoms with van der Waals surface area (Å²) in [5, 5.41) is 1.83. The molecule has 0 spiro atoms. The number of nitrogens with zero attached hydrogens (tertiary/aromatic N) is 1. The van der Waals surface area contributed by atoms with E-state index in [4.69, 9.17) is 11.6 Å². The molecule has 0 unspecified atom stereocenters. The lowest BCUT2D eigenvalue weighted by atomic mass is 9.86. The second-order valence-electron chi connectivity index (χ2n) is 6.08. The SMILES string of the molecule is CCc1cc2cccc(Cl)c2c(=O)n1C1CC(NS(C)(=O)=O)C1. The second kappa shape index (κ2) is 5.92. The largest absolute Gasteiger partial charge is 0.309 e. The third-order valence-corrected chi connectivity index (χ3v) is 5.41. The molecule has 1 aliphatic rings. The Morgan fingerprint density at radius 2 is 2.04 bits per heavy atom. The van der Waals surface area contributed by atoms with Crippen LogP contribution in [0, 0.1) is 0 Å². The highest BCUT2D eigenvalue weighted by Gasteiger charge is 2.34. The van der Waals surface area contributed by atoms with Gasteiger partial charge in [0.1, 0.15) is 0 Å². The maximum atomic E-state index is 12.9. The van der Waals surface area contributed by atoms with Crippen molar-refractivity contribution in [1.29, 1.82) is 0 Å². The summed E-state index contributed by atoms with van der Waals surface area (Å²) in [6.07, 6.45) is 3.13. The molecule has 3 rings (SSSR count). The van der Waals surface area contributed by atoms with Gasteiger partial charge in [-0.15, -0.1) is 0 Å². The van der Waals surface area contributed by atoms with Crippen LogP contribution in [0.1, 0.15) is 31.5 Å². The highest BCUT2D eigenvalue weighted by Crippen LogP contribution is 2.34. The highest BCUT2D eigenvalue weighted by atomic mass is 35.5. The van der Waals surface area contributed by atoms with Crippen molar-refractivity contribution >= 4 is 32.4 Å². The third kappa shape index (κ3) is 3.16. The van der Waals surface area contributed by atoms with Crippen LogP contribution in [-0.4, -0.2) is 25.3 Å². The summed E-state index contributed by atoms with van der Waals surface area (Å²) in [5.74, 6) is 0. The molecule has 5 nitrogen and oxygen atoms in total. The zero-order valence-electron chi connectivity index (χ0n) is 13.0. The average Bonchev–Trinajstić information content (AvgIpc) is 2.42. The van der Waals surface area contributed by atoms with Crippen LogP contribution in [0.15, 0.2) is 29.1 Å². The number of aryl methyl sites for hydroxylation is 1. The van der Waals surface area contributed by atoms with Crippen LogP contribution < -0.4 is 10.3 Å². The lowest BCUT2D eigenvalue weighted by Gasteiger charge is -2.37. The van der Waals surface area contributed by atoms with Crippen LogP contribution in [0.2, 0.25) is 5.02 Å². The maximum absolute atomic E-state index is 12.9. The van der Waals surface area contributed by atoms with Crippen molar-refractivity contribution in [3.05, 3.63) is 45.3 Å². The van der Waals surface area contributed by atoms with E-state index in [1.807, 2.05) is 25.1 Å². The minimum Gasteiger partial charge on any atom is -0.309 e. The van der Waals surface area contributed by atoms with Gasteiger partial charge < -0.3 is 4.57 Å². The first kappa shape index (κ1) is 16.5. The van der Waals surface area contributed by atoms with Crippen molar-refractivity contribution in [3.8, 4) is 0 Å². The van der Waals surface area contributed by atoms with Crippen LogP contribution in [0.5, 0.6) is 0 Å². The Labute approximate surface area is 140 Å². The molecule has 1 fully saturated rings. The molecule has 0 bridgehead atoms. The average molecular weight is 355 g/mol. The second-order valence-corrected chi connectivity index (χ2v) is 8.27. The number of pyridine rings is 1. The molecule has 0 aliphatic heterocycles. The fourth-order valence-electron chi connectivity index (χ4n) is 3.26. The molecule has 0 radical (unpaired) electrons. The van der Waals surface area contributed by atoms with Gasteiger partial charge in [-0.1, -0.05) is 30.7 Å². The van der Waals surface area contributed by atoms with E-state index < -0.39 is 10.0 Å². The van der Waals surface area contributed by atoms with Crippen LogP contribution in [-0.2, 0) is 16.4 Å². The molecule has 124 valence electrons. The van der Waals surface area contributed by atoms with Crippen molar-refractivity contribution in [2.45, 2.75) is 38.3 Å². The Hall–Kier alpha value is -1.37. The number of sulfonamides is 1. The topological polar surface area (TPSA) is 68.2 Å². The number of benzene rings is 1. The summed E-state index contributed by atoms with van der Waals surface area (Å²) < 4.78 is 27.0. The van der Waals surface area contributed by atoms with E-state index in [0.29, 0.717) is 23.3 Å². The van der Waals surface area contributed by atoms with Crippen LogP contribution in [0.25, 0.3) is 10.8 Å². The monoisotopic (exact) mass is 354 g/mol. The van der Waals surface area contributed by atoms with Gasteiger partial charge in [-0.05, 0) is 36.8 Å². The van der Waals surface area contributed by atoms with Crippen LogP contribution in [0.4, 0.5) is 0 Å². The number of hydrogen-bond donors (Lipinski definition) is 1. The van der Waals surface area contributed by atoms with E-state index in [0.717, 1.165) is 23.8 Å². The first-order valence-corrected chi connectivity index (χ1v) is 9.87. The van der Waals surface area contributed by atoms with Crippen LogP contribution >= 0.6 is 11.6 Å². The normalized spacial score (nSPS) is 21.3. The summed E-state index contributed by atoms with van der Waals surface area (Å²) in [6.45, 7) is 2.01. The van der Waals surface area contributed by atoms with Crippen molar-refractivity contribution < 1.29 is 8.42 Å². The Bertz CT molecular complexity index is 915. The molecule has 0 saturated heterocycles. The summed E-state index contributed by atoms with van der Waals surface area (Å²) in [6, 6.07) is 7.35. The Kier molecular flexibility index (Phi) is 4.25. The molecule has 1 N–H and O–H groups in total. The quantitative estimate of drug-likeness (QED) is 0.917. The fraction of sp³-hybridized carbons (Fsp3) is 0.438. The molecular weight excluding hydrogens is 336 g/mol. The van der Waals surface area contributed by atoms with E-state index in [1.54, 1.807) is 10.6 Å². The first-order valence-electron chi connectivity index (χ1n) is 7.60. The number of hydrogen-bond acceptors (Lipinski definition) is 3. The minimum absolute atomic E-state index is 0.0115. The fourth-order valence-corrected chi connectivity index (χ4v) is 4.32. The Balaban J connectivity index is 2.00. The molecule has 1 aliphatic carbocycles. The molecular formula is C16H19ClN2O3S. The number of nitrogens with one attached hydrogen (secondary N) is 1. The molecule has 0 atom stereocenters. The van der Waals surface area contributed by atoms with E-state index in [2.05, 4.69) is 4.72 Å². The third-order valence-electron chi connectivity index (χ3n) is 4.33. The zero-order valence-corrected chi connectivity index (χ0v) is 14.6. The molecule has 0 amide bonds. The molecule has 2 aromatic rings. The van der Waals surface area contributed by atoms with Gasteiger partial charge in [-0.2, -0.15) is 0 Å². The number of rotatable bonds is 4. The molecule has 1 heterocycles. The van der Waals surface area contributed by atoms with Gasteiger partial charge in [-0.25, -0.2) is 13.1 Å².